The molecule has 24 heavy (non-hydrogen) atoms. The number of rotatable bonds is 6. The lowest BCUT2D eigenvalue weighted by atomic mass is 9.85. The highest BCUT2D eigenvalue weighted by Crippen LogP contribution is 2.33. The molecule has 0 fully saturated rings. The molecule has 0 aliphatic carbocycles. The second kappa shape index (κ2) is 7.39. The molecule has 0 bridgehead atoms. The smallest absolute Gasteiger partial charge is 0.335 e. The van der Waals surface area contributed by atoms with Crippen molar-refractivity contribution in [2.75, 3.05) is 13.2 Å². The molecule has 0 unspecified atom stereocenters. The Labute approximate surface area is 143 Å². The summed E-state index contributed by atoms with van der Waals surface area (Å²) in [6.07, 6.45) is 0. The minimum atomic E-state index is -0.945. The van der Waals surface area contributed by atoms with E-state index >= 15 is 0 Å². The third-order valence-electron chi connectivity index (χ3n) is 3.72. The highest BCUT2D eigenvalue weighted by molar-refractivity contribution is 5.87. The van der Waals surface area contributed by atoms with Gasteiger partial charge in [0.1, 0.15) is 24.7 Å². The zero-order valence-electron chi connectivity index (χ0n) is 14.6. The van der Waals surface area contributed by atoms with Gasteiger partial charge in [-0.2, -0.15) is 0 Å². The van der Waals surface area contributed by atoms with Gasteiger partial charge in [-0.15, -0.1) is 0 Å². The minimum Gasteiger partial charge on any atom is -0.490 e. The SMILES string of the molecule is Cc1cccc(C(C)(C)C)c1OCCOc1ccc(C(=O)O)cc1. The van der Waals surface area contributed by atoms with E-state index in [1.807, 2.05) is 19.1 Å². The largest absolute Gasteiger partial charge is 0.490 e. The average Bonchev–Trinajstić information content (AvgIpc) is 2.52. The predicted molar refractivity (Wildman–Crippen MR) is 94.3 cm³/mol. The summed E-state index contributed by atoms with van der Waals surface area (Å²) in [5.74, 6) is 0.596. The summed E-state index contributed by atoms with van der Waals surface area (Å²) >= 11 is 0. The Morgan fingerprint density at radius 2 is 1.62 bits per heavy atom. The fraction of sp³-hybridized carbons (Fsp3) is 0.350. The molecule has 4 heteroatoms. The number of aromatic carboxylic acids is 1. The van der Waals surface area contributed by atoms with Crippen LogP contribution in [-0.2, 0) is 5.41 Å². The van der Waals surface area contributed by atoms with Crippen LogP contribution in [0.15, 0.2) is 42.5 Å². The number of benzene rings is 2. The van der Waals surface area contributed by atoms with Crippen LogP contribution < -0.4 is 9.47 Å². The van der Waals surface area contributed by atoms with Crippen molar-refractivity contribution in [2.45, 2.75) is 33.1 Å². The number of hydrogen-bond acceptors (Lipinski definition) is 3. The van der Waals surface area contributed by atoms with Gasteiger partial charge in [0.2, 0.25) is 0 Å². The van der Waals surface area contributed by atoms with Crippen molar-refractivity contribution in [3.05, 3.63) is 59.2 Å². The van der Waals surface area contributed by atoms with Gasteiger partial charge in [-0.1, -0.05) is 39.0 Å². The molecule has 0 aromatic heterocycles. The van der Waals surface area contributed by atoms with Crippen LogP contribution in [0, 0.1) is 6.92 Å². The first-order valence-electron chi connectivity index (χ1n) is 7.98. The summed E-state index contributed by atoms with van der Waals surface area (Å²) < 4.78 is 11.6. The zero-order chi connectivity index (χ0) is 17.7. The van der Waals surface area contributed by atoms with E-state index in [0.29, 0.717) is 19.0 Å². The van der Waals surface area contributed by atoms with Crippen LogP contribution in [-0.4, -0.2) is 24.3 Å². The van der Waals surface area contributed by atoms with Crippen molar-refractivity contribution < 1.29 is 19.4 Å². The van der Waals surface area contributed by atoms with E-state index in [-0.39, 0.29) is 11.0 Å². The molecule has 0 heterocycles. The first kappa shape index (κ1) is 17.9. The third kappa shape index (κ3) is 4.51. The summed E-state index contributed by atoms with van der Waals surface area (Å²) in [7, 11) is 0. The van der Waals surface area contributed by atoms with Crippen LogP contribution in [0.3, 0.4) is 0 Å². The molecule has 128 valence electrons. The summed E-state index contributed by atoms with van der Waals surface area (Å²) in [5, 5.41) is 8.87. The van der Waals surface area contributed by atoms with Gasteiger partial charge in [0.05, 0.1) is 5.56 Å². The highest BCUT2D eigenvalue weighted by Gasteiger charge is 2.20. The lowest BCUT2D eigenvalue weighted by Gasteiger charge is -2.24. The van der Waals surface area contributed by atoms with Gasteiger partial charge in [0.25, 0.3) is 0 Å². The van der Waals surface area contributed by atoms with Crippen LogP contribution in [0.4, 0.5) is 0 Å². The van der Waals surface area contributed by atoms with E-state index in [4.69, 9.17) is 14.6 Å². The number of carbonyl (C=O) groups is 1. The molecule has 0 aliphatic rings. The molecule has 0 saturated heterocycles. The Morgan fingerprint density at radius 1 is 1.00 bits per heavy atom. The Bertz CT molecular complexity index is 697. The van der Waals surface area contributed by atoms with Gasteiger partial charge < -0.3 is 14.6 Å². The van der Waals surface area contributed by atoms with Gasteiger partial charge in [-0.3, -0.25) is 0 Å². The van der Waals surface area contributed by atoms with Crippen molar-refractivity contribution in [2.24, 2.45) is 0 Å². The van der Waals surface area contributed by atoms with Crippen molar-refractivity contribution in [1.82, 2.24) is 0 Å². The normalized spacial score (nSPS) is 11.2. The number of carboxylic acid groups (broad SMARTS) is 1. The fourth-order valence-corrected chi connectivity index (χ4v) is 2.43. The number of ether oxygens (including phenoxy) is 2. The van der Waals surface area contributed by atoms with Crippen LogP contribution in [0.2, 0.25) is 0 Å². The summed E-state index contributed by atoms with van der Waals surface area (Å²) in [6.45, 7) is 9.34. The Hall–Kier alpha value is -2.49. The molecular formula is C20H24O4. The van der Waals surface area contributed by atoms with Gasteiger partial charge in [-0.05, 0) is 47.7 Å². The second-order valence-electron chi connectivity index (χ2n) is 6.73. The molecular weight excluding hydrogens is 304 g/mol. The van der Waals surface area contributed by atoms with E-state index in [1.165, 1.54) is 17.7 Å². The Morgan fingerprint density at radius 3 is 2.21 bits per heavy atom. The molecule has 0 aliphatic heterocycles. The van der Waals surface area contributed by atoms with Gasteiger partial charge in [-0.25, -0.2) is 4.79 Å². The van der Waals surface area contributed by atoms with Crippen LogP contribution >= 0.6 is 0 Å². The van der Waals surface area contributed by atoms with Crippen molar-refractivity contribution in [1.29, 1.82) is 0 Å². The molecule has 2 rings (SSSR count). The standard InChI is InChI=1S/C20H24O4/c1-14-6-5-7-17(20(2,3)4)18(14)24-13-12-23-16-10-8-15(9-11-16)19(21)22/h5-11H,12-13H2,1-4H3,(H,21,22). The maximum atomic E-state index is 10.8. The maximum Gasteiger partial charge on any atom is 0.335 e. The topological polar surface area (TPSA) is 55.8 Å². The highest BCUT2D eigenvalue weighted by atomic mass is 16.5. The third-order valence-corrected chi connectivity index (χ3v) is 3.72. The van der Waals surface area contributed by atoms with Gasteiger partial charge in [0, 0.05) is 0 Å². The number of para-hydroxylation sites is 1. The van der Waals surface area contributed by atoms with Gasteiger partial charge >= 0.3 is 5.97 Å². The molecule has 2 aromatic carbocycles. The second-order valence-corrected chi connectivity index (χ2v) is 6.73. The maximum absolute atomic E-state index is 10.8. The molecule has 0 atom stereocenters. The lowest BCUT2D eigenvalue weighted by molar-refractivity contribution is 0.0697. The van der Waals surface area contributed by atoms with Crippen molar-refractivity contribution in [3.8, 4) is 11.5 Å². The quantitative estimate of drug-likeness (QED) is 0.796. The minimum absolute atomic E-state index is 0.00880. The fourth-order valence-electron chi connectivity index (χ4n) is 2.43. The Kier molecular flexibility index (Phi) is 5.50. The number of hydrogen-bond donors (Lipinski definition) is 1. The molecule has 1 N–H and O–H groups in total. The lowest BCUT2D eigenvalue weighted by Crippen LogP contribution is -2.16. The van der Waals surface area contributed by atoms with Crippen molar-refractivity contribution >= 4 is 5.97 Å². The predicted octanol–water partition coefficient (Wildman–Crippen LogP) is 4.45. The zero-order valence-corrected chi connectivity index (χ0v) is 14.6. The van der Waals surface area contributed by atoms with E-state index in [1.54, 1.807) is 12.1 Å². The van der Waals surface area contributed by atoms with Crippen LogP contribution in [0.25, 0.3) is 0 Å². The van der Waals surface area contributed by atoms with Crippen LogP contribution in [0.5, 0.6) is 11.5 Å². The first-order chi connectivity index (χ1) is 11.3. The molecule has 0 spiro atoms. The number of aryl methyl sites for hydroxylation is 1. The first-order valence-corrected chi connectivity index (χ1v) is 7.98. The number of carboxylic acids is 1. The van der Waals surface area contributed by atoms with E-state index in [9.17, 15) is 4.79 Å². The average molecular weight is 328 g/mol. The van der Waals surface area contributed by atoms with E-state index in [2.05, 4.69) is 26.8 Å². The molecule has 2 aromatic rings. The van der Waals surface area contributed by atoms with Crippen LogP contribution in [0.1, 0.15) is 42.3 Å². The molecule has 0 radical (unpaired) electrons. The van der Waals surface area contributed by atoms with E-state index < -0.39 is 5.97 Å². The summed E-state index contributed by atoms with van der Waals surface area (Å²) in [6, 6.07) is 12.5. The Balaban J connectivity index is 1.94. The van der Waals surface area contributed by atoms with Gasteiger partial charge in [0.15, 0.2) is 0 Å². The monoisotopic (exact) mass is 328 g/mol. The molecule has 4 nitrogen and oxygen atoms in total. The molecule has 0 saturated carbocycles. The summed E-state index contributed by atoms with van der Waals surface area (Å²) in [5.41, 5.74) is 2.53. The summed E-state index contributed by atoms with van der Waals surface area (Å²) in [4.78, 5) is 10.8. The van der Waals surface area contributed by atoms with Crippen molar-refractivity contribution in [3.63, 3.8) is 0 Å². The molecule has 0 amide bonds. The van der Waals surface area contributed by atoms with E-state index in [0.717, 1.165) is 11.3 Å².